The second kappa shape index (κ2) is 6.16. The van der Waals surface area contributed by atoms with Crippen molar-refractivity contribution in [3.05, 3.63) is 42.1 Å². The highest BCUT2D eigenvalue weighted by atomic mass is 14.9. The van der Waals surface area contributed by atoms with Gasteiger partial charge in [0.1, 0.15) is 0 Å². The van der Waals surface area contributed by atoms with Crippen molar-refractivity contribution in [2.45, 2.75) is 45.6 Å². The van der Waals surface area contributed by atoms with E-state index in [2.05, 4.69) is 55.3 Å². The maximum atomic E-state index is 4.35. The summed E-state index contributed by atoms with van der Waals surface area (Å²) in [6.45, 7) is 7.73. The fourth-order valence-corrected chi connectivity index (χ4v) is 2.20. The van der Waals surface area contributed by atoms with Gasteiger partial charge in [0.15, 0.2) is 0 Å². The molecule has 0 amide bonds. The molecule has 0 aliphatic rings. The van der Waals surface area contributed by atoms with Crippen LogP contribution >= 0.6 is 0 Å². The Bertz CT molecular complexity index is 526. The molecule has 0 radical (unpaired) electrons. The number of rotatable bonds is 5. The van der Waals surface area contributed by atoms with Gasteiger partial charge in [-0.15, -0.1) is 0 Å². The van der Waals surface area contributed by atoms with E-state index in [1.807, 2.05) is 12.3 Å². The number of hydrogen-bond acceptors (Lipinski definition) is 2. The third-order valence-corrected chi connectivity index (χ3v) is 3.21. The van der Waals surface area contributed by atoms with Crippen LogP contribution in [0.1, 0.15) is 39.2 Å². The standard InChI is InChI=1S/C17H24N2/c1-17(2,3)19-12-5-4-7-14-9-10-16-15(13-14)8-6-11-18-16/h6,8-11,13,19H,4-5,7,12H2,1-3H3. The van der Waals surface area contributed by atoms with Gasteiger partial charge in [0.2, 0.25) is 0 Å². The van der Waals surface area contributed by atoms with E-state index in [9.17, 15) is 0 Å². The number of aromatic nitrogens is 1. The minimum Gasteiger partial charge on any atom is -0.312 e. The topological polar surface area (TPSA) is 24.9 Å². The van der Waals surface area contributed by atoms with Crippen LogP contribution in [0.15, 0.2) is 36.5 Å². The number of benzene rings is 1. The third kappa shape index (κ3) is 4.64. The summed E-state index contributed by atoms with van der Waals surface area (Å²) < 4.78 is 0. The molecular weight excluding hydrogens is 232 g/mol. The molecule has 0 spiro atoms. The predicted octanol–water partition coefficient (Wildman–Crippen LogP) is 3.95. The van der Waals surface area contributed by atoms with Crippen LogP contribution in [0.3, 0.4) is 0 Å². The molecule has 2 aromatic rings. The van der Waals surface area contributed by atoms with Gasteiger partial charge in [-0.3, -0.25) is 4.98 Å². The first-order valence-electron chi connectivity index (χ1n) is 7.13. The van der Waals surface area contributed by atoms with Crippen LogP contribution in [0.4, 0.5) is 0 Å². The van der Waals surface area contributed by atoms with Crippen molar-refractivity contribution in [2.24, 2.45) is 0 Å². The van der Waals surface area contributed by atoms with Crippen LogP contribution in [0.25, 0.3) is 10.9 Å². The largest absolute Gasteiger partial charge is 0.312 e. The van der Waals surface area contributed by atoms with Crippen molar-refractivity contribution in [3.63, 3.8) is 0 Å². The lowest BCUT2D eigenvalue weighted by Gasteiger charge is -2.20. The molecular formula is C17H24N2. The zero-order chi connectivity index (χ0) is 13.7. The second-order valence-corrected chi connectivity index (χ2v) is 6.16. The maximum Gasteiger partial charge on any atom is 0.0702 e. The summed E-state index contributed by atoms with van der Waals surface area (Å²) in [5.74, 6) is 0. The van der Waals surface area contributed by atoms with E-state index in [1.54, 1.807) is 0 Å². The molecule has 0 atom stereocenters. The highest BCUT2D eigenvalue weighted by Gasteiger charge is 2.07. The molecule has 2 nitrogen and oxygen atoms in total. The minimum absolute atomic E-state index is 0.231. The van der Waals surface area contributed by atoms with Crippen molar-refractivity contribution in [1.29, 1.82) is 0 Å². The van der Waals surface area contributed by atoms with Crippen molar-refractivity contribution >= 4 is 10.9 Å². The summed E-state index contributed by atoms with van der Waals surface area (Å²) in [5.41, 5.74) is 2.73. The monoisotopic (exact) mass is 256 g/mol. The zero-order valence-corrected chi connectivity index (χ0v) is 12.2. The number of unbranched alkanes of at least 4 members (excludes halogenated alkanes) is 1. The van der Waals surface area contributed by atoms with Gasteiger partial charge in [0.25, 0.3) is 0 Å². The lowest BCUT2D eigenvalue weighted by atomic mass is 10.0. The molecule has 0 aliphatic heterocycles. The van der Waals surface area contributed by atoms with E-state index in [0.717, 1.165) is 18.5 Å². The quantitative estimate of drug-likeness (QED) is 0.819. The molecule has 2 rings (SSSR count). The Morgan fingerprint density at radius 1 is 1.11 bits per heavy atom. The van der Waals surface area contributed by atoms with Gasteiger partial charge in [0, 0.05) is 17.1 Å². The van der Waals surface area contributed by atoms with E-state index in [4.69, 9.17) is 0 Å². The number of aryl methyl sites for hydroxylation is 1. The number of nitrogens with one attached hydrogen (secondary N) is 1. The van der Waals surface area contributed by atoms with Gasteiger partial charge in [-0.05, 0) is 70.3 Å². The fourth-order valence-electron chi connectivity index (χ4n) is 2.20. The number of fused-ring (bicyclic) bond motifs is 1. The van der Waals surface area contributed by atoms with E-state index in [0.29, 0.717) is 0 Å². The van der Waals surface area contributed by atoms with Crippen molar-refractivity contribution in [1.82, 2.24) is 10.3 Å². The Labute approximate surface area is 116 Å². The van der Waals surface area contributed by atoms with Crippen LogP contribution in [0.2, 0.25) is 0 Å². The minimum atomic E-state index is 0.231. The highest BCUT2D eigenvalue weighted by Crippen LogP contribution is 2.15. The Balaban J connectivity index is 1.82. The molecule has 1 N–H and O–H groups in total. The molecule has 0 saturated carbocycles. The van der Waals surface area contributed by atoms with Crippen molar-refractivity contribution in [2.75, 3.05) is 6.54 Å². The van der Waals surface area contributed by atoms with E-state index in [1.165, 1.54) is 23.8 Å². The Hall–Kier alpha value is -1.41. The SMILES string of the molecule is CC(C)(C)NCCCCc1ccc2ncccc2c1. The van der Waals surface area contributed by atoms with Crippen molar-refractivity contribution in [3.8, 4) is 0 Å². The third-order valence-electron chi connectivity index (χ3n) is 3.21. The first kappa shape index (κ1) is 14.0. The number of hydrogen-bond donors (Lipinski definition) is 1. The smallest absolute Gasteiger partial charge is 0.0702 e. The number of pyridine rings is 1. The second-order valence-electron chi connectivity index (χ2n) is 6.16. The van der Waals surface area contributed by atoms with E-state index in [-0.39, 0.29) is 5.54 Å². The molecule has 1 aromatic carbocycles. The van der Waals surface area contributed by atoms with E-state index >= 15 is 0 Å². The van der Waals surface area contributed by atoms with Gasteiger partial charge >= 0.3 is 0 Å². The number of nitrogens with zero attached hydrogens (tertiary/aromatic N) is 1. The van der Waals surface area contributed by atoms with Gasteiger partial charge in [-0.2, -0.15) is 0 Å². The summed E-state index contributed by atoms with van der Waals surface area (Å²) >= 11 is 0. The van der Waals surface area contributed by atoms with E-state index < -0.39 is 0 Å². The summed E-state index contributed by atoms with van der Waals surface area (Å²) in [6, 6.07) is 10.7. The average molecular weight is 256 g/mol. The Morgan fingerprint density at radius 3 is 2.74 bits per heavy atom. The van der Waals surface area contributed by atoms with Crippen LogP contribution in [-0.2, 0) is 6.42 Å². The lowest BCUT2D eigenvalue weighted by molar-refractivity contribution is 0.419. The predicted molar refractivity (Wildman–Crippen MR) is 82.4 cm³/mol. The molecule has 1 aromatic heterocycles. The highest BCUT2D eigenvalue weighted by molar-refractivity contribution is 5.78. The molecule has 19 heavy (non-hydrogen) atoms. The van der Waals surface area contributed by atoms with Crippen molar-refractivity contribution < 1.29 is 0 Å². The van der Waals surface area contributed by atoms with Crippen LogP contribution in [-0.4, -0.2) is 17.1 Å². The summed E-state index contributed by atoms with van der Waals surface area (Å²) in [4.78, 5) is 4.35. The van der Waals surface area contributed by atoms with Gasteiger partial charge in [-0.1, -0.05) is 12.1 Å². The molecule has 0 fully saturated rings. The maximum absolute atomic E-state index is 4.35. The first-order chi connectivity index (χ1) is 9.04. The van der Waals surface area contributed by atoms with Crippen LogP contribution in [0.5, 0.6) is 0 Å². The van der Waals surface area contributed by atoms with Gasteiger partial charge in [0.05, 0.1) is 5.52 Å². The molecule has 2 heteroatoms. The molecule has 0 unspecified atom stereocenters. The summed E-state index contributed by atoms with van der Waals surface area (Å²) in [6.07, 6.45) is 5.45. The first-order valence-corrected chi connectivity index (χ1v) is 7.13. The molecule has 1 heterocycles. The lowest BCUT2D eigenvalue weighted by Crippen LogP contribution is -2.36. The Kier molecular flexibility index (Phi) is 4.54. The molecule has 0 aliphatic carbocycles. The van der Waals surface area contributed by atoms with Gasteiger partial charge < -0.3 is 5.32 Å². The summed E-state index contributed by atoms with van der Waals surface area (Å²) in [7, 11) is 0. The fraction of sp³-hybridized carbons (Fsp3) is 0.471. The molecule has 0 saturated heterocycles. The molecule has 102 valence electrons. The zero-order valence-electron chi connectivity index (χ0n) is 12.2. The van der Waals surface area contributed by atoms with Crippen LogP contribution in [0, 0.1) is 0 Å². The van der Waals surface area contributed by atoms with Crippen LogP contribution < -0.4 is 5.32 Å². The Morgan fingerprint density at radius 2 is 1.95 bits per heavy atom. The summed E-state index contributed by atoms with van der Waals surface area (Å²) in [5, 5.41) is 4.77. The average Bonchev–Trinajstić information content (AvgIpc) is 2.37. The molecule has 0 bridgehead atoms. The van der Waals surface area contributed by atoms with Gasteiger partial charge in [-0.25, -0.2) is 0 Å². The normalized spacial score (nSPS) is 11.9.